The zero-order valence-electron chi connectivity index (χ0n) is 13.5. The van der Waals surface area contributed by atoms with Crippen LogP contribution in [0.25, 0.3) is 5.69 Å². The summed E-state index contributed by atoms with van der Waals surface area (Å²) in [6.45, 7) is 4.21. The summed E-state index contributed by atoms with van der Waals surface area (Å²) in [4.78, 5) is 0. The van der Waals surface area contributed by atoms with Gasteiger partial charge >= 0.3 is 0 Å². The second-order valence-corrected chi connectivity index (χ2v) is 6.35. The Balaban J connectivity index is 1.78. The van der Waals surface area contributed by atoms with Crippen LogP contribution in [0.3, 0.4) is 0 Å². The van der Waals surface area contributed by atoms with Gasteiger partial charge in [0.2, 0.25) is 0 Å². The summed E-state index contributed by atoms with van der Waals surface area (Å²) < 4.78 is 7.23. The van der Waals surface area contributed by atoms with Crippen LogP contribution < -0.4 is 4.74 Å². The fourth-order valence-corrected chi connectivity index (χ4v) is 3.31. The number of nitrogens with zero attached hydrogens (tertiary/aromatic N) is 3. The number of hydrogen-bond acceptors (Lipinski definition) is 4. The molecule has 5 heteroatoms. The highest BCUT2D eigenvalue weighted by atomic mass is 32.2. The number of aryl methyl sites for hydroxylation is 2. The van der Waals surface area contributed by atoms with Crippen molar-refractivity contribution < 1.29 is 4.74 Å². The molecule has 2 aromatic carbocycles. The largest absolute Gasteiger partial charge is 0.497 e. The van der Waals surface area contributed by atoms with Crippen LogP contribution in [0.5, 0.6) is 5.75 Å². The van der Waals surface area contributed by atoms with Gasteiger partial charge in [0.25, 0.3) is 0 Å². The Morgan fingerprint density at radius 1 is 1.09 bits per heavy atom. The quantitative estimate of drug-likeness (QED) is 0.660. The Kier molecular flexibility index (Phi) is 4.67. The second-order valence-electron chi connectivity index (χ2n) is 5.41. The van der Waals surface area contributed by atoms with E-state index in [1.807, 2.05) is 16.7 Å². The first-order chi connectivity index (χ1) is 11.2. The van der Waals surface area contributed by atoms with E-state index in [-0.39, 0.29) is 0 Å². The summed E-state index contributed by atoms with van der Waals surface area (Å²) in [7, 11) is 1.68. The summed E-state index contributed by atoms with van der Waals surface area (Å²) in [6, 6.07) is 14.5. The van der Waals surface area contributed by atoms with E-state index in [9.17, 15) is 0 Å². The van der Waals surface area contributed by atoms with Gasteiger partial charge in [-0.1, -0.05) is 41.6 Å². The third-order valence-corrected chi connectivity index (χ3v) is 4.67. The molecule has 0 radical (unpaired) electrons. The van der Waals surface area contributed by atoms with E-state index in [1.165, 1.54) is 16.7 Å². The summed E-state index contributed by atoms with van der Waals surface area (Å²) >= 11 is 1.68. The van der Waals surface area contributed by atoms with Crippen molar-refractivity contribution in [1.29, 1.82) is 0 Å². The van der Waals surface area contributed by atoms with Crippen LogP contribution in [0.2, 0.25) is 0 Å². The molecule has 0 fully saturated rings. The molecule has 0 N–H and O–H groups in total. The van der Waals surface area contributed by atoms with Crippen molar-refractivity contribution in [2.45, 2.75) is 24.8 Å². The molecule has 118 valence electrons. The molecule has 1 aromatic heterocycles. The number of thioether (sulfide) groups is 1. The molecule has 3 aromatic rings. The molecule has 0 saturated heterocycles. The van der Waals surface area contributed by atoms with Gasteiger partial charge < -0.3 is 4.74 Å². The topological polar surface area (TPSA) is 39.9 Å². The summed E-state index contributed by atoms with van der Waals surface area (Å²) in [5, 5.41) is 9.23. The number of methoxy groups -OCH3 is 1. The fraction of sp³-hybridized carbons (Fsp3) is 0.222. The van der Waals surface area contributed by atoms with Gasteiger partial charge in [0.1, 0.15) is 12.1 Å². The van der Waals surface area contributed by atoms with E-state index in [0.29, 0.717) is 0 Å². The summed E-state index contributed by atoms with van der Waals surface area (Å²) in [5.74, 6) is 1.71. The number of aromatic nitrogens is 3. The minimum atomic E-state index is 0.841. The first-order valence-corrected chi connectivity index (χ1v) is 8.39. The minimum absolute atomic E-state index is 0.841. The van der Waals surface area contributed by atoms with Crippen molar-refractivity contribution in [2.75, 3.05) is 7.11 Å². The predicted octanol–water partition coefficient (Wildman–Crippen LogP) is 4.19. The maximum Gasteiger partial charge on any atom is 0.195 e. The fourth-order valence-electron chi connectivity index (χ4n) is 2.43. The van der Waals surface area contributed by atoms with Crippen molar-refractivity contribution in [3.05, 3.63) is 65.5 Å². The maximum absolute atomic E-state index is 5.19. The average Bonchev–Trinajstić information content (AvgIpc) is 3.01. The highest BCUT2D eigenvalue weighted by Gasteiger charge is 2.09. The molecular weight excluding hydrogens is 306 g/mol. The van der Waals surface area contributed by atoms with Gasteiger partial charge in [-0.25, -0.2) is 0 Å². The molecule has 3 rings (SSSR count). The first kappa shape index (κ1) is 15.6. The normalized spacial score (nSPS) is 10.7. The molecule has 0 aliphatic heterocycles. The molecule has 0 aliphatic rings. The third-order valence-electron chi connectivity index (χ3n) is 3.66. The zero-order valence-corrected chi connectivity index (χ0v) is 14.3. The van der Waals surface area contributed by atoms with E-state index in [2.05, 4.69) is 54.4 Å². The average molecular weight is 325 g/mol. The van der Waals surface area contributed by atoms with Crippen LogP contribution in [0.4, 0.5) is 0 Å². The van der Waals surface area contributed by atoms with Gasteiger partial charge in [-0.2, -0.15) is 0 Å². The molecule has 0 amide bonds. The Morgan fingerprint density at radius 2 is 1.87 bits per heavy atom. The molecule has 0 saturated carbocycles. The van der Waals surface area contributed by atoms with Gasteiger partial charge in [0.05, 0.1) is 12.8 Å². The summed E-state index contributed by atoms with van der Waals surface area (Å²) in [6.07, 6.45) is 1.77. The van der Waals surface area contributed by atoms with Crippen LogP contribution >= 0.6 is 11.8 Å². The van der Waals surface area contributed by atoms with Gasteiger partial charge in [-0.05, 0) is 43.2 Å². The van der Waals surface area contributed by atoms with E-state index in [0.717, 1.165) is 22.3 Å². The molecule has 0 atom stereocenters. The van der Waals surface area contributed by atoms with Crippen molar-refractivity contribution >= 4 is 11.8 Å². The Morgan fingerprint density at radius 3 is 2.57 bits per heavy atom. The van der Waals surface area contributed by atoms with E-state index >= 15 is 0 Å². The van der Waals surface area contributed by atoms with Crippen LogP contribution in [-0.2, 0) is 5.75 Å². The van der Waals surface area contributed by atoms with Gasteiger partial charge in [0, 0.05) is 5.75 Å². The molecule has 0 unspecified atom stereocenters. The van der Waals surface area contributed by atoms with E-state index in [1.54, 1.807) is 25.2 Å². The minimum Gasteiger partial charge on any atom is -0.497 e. The van der Waals surface area contributed by atoms with Crippen molar-refractivity contribution in [2.24, 2.45) is 0 Å². The predicted molar refractivity (Wildman–Crippen MR) is 93.4 cm³/mol. The smallest absolute Gasteiger partial charge is 0.195 e. The molecule has 4 nitrogen and oxygen atoms in total. The molecule has 1 heterocycles. The maximum atomic E-state index is 5.19. The standard InChI is InChI=1S/C18H19N3OS/c1-13-4-9-17(14(2)10-13)21-12-19-20-18(21)23-11-15-5-7-16(22-3)8-6-15/h4-10,12H,11H2,1-3H3. The van der Waals surface area contributed by atoms with Gasteiger partial charge in [-0.3, -0.25) is 4.57 Å². The van der Waals surface area contributed by atoms with E-state index in [4.69, 9.17) is 4.74 Å². The SMILES string of the molecule is COc1ccc(CSc2nncn2-c2ccc(C)cc2C)cc1. The lowest BCUT2D eigenvalue weighted by molar-refractivity contribution is 0.414. The van der Waals surface area contributed by atoms with Crippen molar-refractivity contribution in [3.63, 3.8) is 0 Å². The molecule has 0 aliphatic carbocycles. The van der Waals surface area contributed by atoms with Crippen LogP contribution in [0, 0.1) is 13.8 Å². The highest BCUT2D eigenvalue weighted by Crippen LogP contribution is 2.26. The molecular formula is C18H19N3OS. The Bertz CT molecular complexity index is 796. The first-order valence-electron chi connectivity index (χ1n) is 7.41. The van der Waals surface area contributed by atoms with Gasteiger partial charge in [0.15, 0.2) is 5.16 Å². The summed E-state index contributed by atoms with van der Waals surface area (Å²) in [5.41, 5.74) is 4.83. The third kappa shape index (κ3) is 3.56. The number of ether oxygens (including phenoxy) is 1. The van der Waals surface area contributed by atoms with Crippen LogP contribution in [-0.4, -0.2) is 21.9 Å². The lowest BCUT2D eigenvalue weighted by Crippen LogP contribution is -1.98. The van der Waals surface area contributed by atoms with Gasteiger partial charge in [-0.15, -0.1) is 10.2 Å². The number of hydrogen-bond donors (Lipinski definition) is 0. The number of rotatable bonds is 5. The Labute approximate surface area is 140 Å². The van der Waals surface area contributed by atoms with Crippen LogP contribution in [0.1, 0.15) is 16.7 Å². The lowest BCUT2D eigenvalue weighted by atomic mass is 10.1. The lowest BCUT2D eigenvalue weighted by Gasteiger charge is -2.10. The van der Waals surface area contributed by atoms with Crippen molar-refractivity contribution in [1.82, 2.24) is 14.8 Å². The zero-order chi connectivity index (χ0) is 16.2. The number of benzene rings is 2. The van der Waals surface area contributed by atoms with E-state index < -0.39 is 0 Å². The second kappa shape index (κ2) is 6.87. The van der Waals surface area contributed by atoms with Crippen LogP contribution in [0.15, 0.2) is 53.9 Å². The molecule has 0 bridgehead atoms. The molecule has 23 heavy (non-hydrogen) atoms. The van der Waals surface area contributed by atoms with Crippen molar-refractivity contribution in [3.8, 4) is 11.4 Å². The Hall–Kier alpha value is -2.27. The highest BCUT2D eigenvalue weighted by molar-refractivity contribution is 7.98. The monoisotopic (exact) mass is 325 g/mol. The molecule has 0 spiro atoms.